The Labute approximate surface area is 246 Å². The number of Topliss-reactive ketones (excluding diaryl/α,β-unsaturated/α-hetero) is 4. The highest BCUT2D eigenvalue weighted by molar-refractivity contribution is 6.32. The van der Waals surface area contributed by atoms with Gasteiger partial charge in [-0.05, 0) is 32.9 Å². The van der Waals surface area contributed by atoms with E-state index in [2.05, 4.69) is 0 Å². The summed E-state index contributed by atoms with van der Waals surface area (Å²) in [4.78, 5) is 52.4. The molecular weight excluding hydrogens is 564 g/mol. The quantitative estimate of drug-likeness (QED) is 0.330. The van der Waals surface area contributed by atoms with E-state index in [1.165, 1.54) is 19.1 Å². The molecule has 0 bridgehead atoms. The van der Waals surface area contributed by atoms with Crippen LogP contribution in [0.2, 0.25) is 0 Å². The molecule has 0 spiro atoms. The van der Waals surface area contributed by atoms with Crippen LogP contribution in [-0.4, -0.2) is 96.2 Å². The van der Waals surface area contributed by atoms with Crippen LogP contribution in [0.1, 0.15) is 85.3 Å². The minimum absolute atomic E-state index is 0.0280. The first-order valence-corrected chi connectivity index (χ1v) is 14.3. The number of hydrogen-bond acceptors (Lipinski definition) is 12. The van der Waals surface area contributed by atoms with Gasteiger partial charge in [0, 0.05) is 48.8 Å². The zero-order valence-corrected chi connectivity index (χ0v) is 23.9. The van der Waals surface area contributed by atoms with E-state index >= 15 is 0 Å². The number of phenols is 1. The number of aromatic hydroxyl groups is 1. The summed E-state index contributed by atoms with van der Waals surface area (Å²) in [5.41, 5.74) is -8.19. The highest BCUT2D eigenvalue weighted by Crippen LogP contribution is 2.52. The summed E-state index contributed by atoms with van der Waals surface area (Å²) in [5, 5.41) is 55.6. The Balaban J connectivity index is 1.29. The zero-order valence-electron chi connectivity index (χ0n) is 23.9. The van der Waals surface area contributed by atoms with Gasteiger partial charge < -0.3 is 39.7 Å². The summed E-state index contributed by atoms with van der Waals surface area (Å²) in [6.45, 7) is 4.64. The van der Waals surface area contributed by atoms with Crippen molar-refractivity contribution in [2.24, 2.45) is 0 Å². The molecule has 0 aromatic heterocycles. The zero-order chi connectivity index (χ0) is 31.2. The van der Waals surface area contributed by atoms with Crippen LogP contribution < -0.4 is 0 Å². The van der Waals surface area contributed by atoms with Gasteiger partial charge in [0.1, 0.15) is 23.6 Å². The van der Waals surface area contributed by atoms with Gasteiger partial charge >= 0.3 is 0 Å². The molecule has 1 saturated carbocycles. The van der Waals surface area contributed by atoms with E-state index in [9.17, 15) is 44.7 Å². The number of fused-ring (bicyclic) bond motifs is 3. The van der Waals surface area contributed by atoms with Crippen molar-refractivity contribution < 1.29 is 58.9 Å². The Hall–Kier alpha value is -3.10. The standard InChI is InChI=1S/C31H34O12/c1-13-18(32)6-7-22(42-13)43-28-14(2)41-20(10-19(28)33)15-4-5-16-23(25(15)35)26(36)17-8-9-30(39)12-29(3,38)11-21(34)31(30,40)24(17)27(16)37/h4-5,8-9,13-14,19-20,22,28,33,35,38-40H,6-7,10-12H2,1-3H3/t13-,14+,19+,20+,22-,28+,29-,30-,31-/m0/s1. The fraction of sp³-hybridized carbons (Fsp3) is 0.548. The predicted octanol–water partition coefficient (Wildman–Crippen LogP) is 0.904. The second kappa shape index (κ2) is 9.96. The summed E-state index contributed by atoms with van der Waals surface area (Å²) < 4.78 is 17.6. The molecule has 1 aromatic rings. The lowest BCUT2D eigenvalue weighted by atomic mass is 9.57. The second-order valence-electron chi connectivity index (χ2n) is 12.6. The number of aliphatic hydroxyl groups is 4. The molecule has 5 aliphatic rings. The van der Waals surface area contributed by atoms with Crippen LogP contribution in [0.25, 0.3) is 0 Å². The maximum absolute atomic E-state index is 13.8. The fourth-order valence-electron chi connectivity index (χ4n) is 7.12. The molecule has 230 valence electrons. The fourth-order valence-corrected chi connectivity index (χ4v) is 7.12. The van der Waals surface area contributed by atoms with Gasteiger partial charge in [-0.3, -0.25) is 19.2 Å². The Morgan fingerprint density at radius 2 is 1.74 bits per heavy atom. The maximum Gasteiger partial charge on any atom is 0.198 e. The molecule has 43 heavy (non-hydrogen) atoms. The van der Waals surface area contributed by atoms with Gasteiger partial charge in [0.25, 0.3) is 0 Å². The van der Waals surface area contributed by atoms with E-state index in [4.69, 9.17) is 14.2 Å². The minimum atomic E-state index is -2.77. The number of benzene rings is 1. The van der Waals surface area contributed by atoms with Gasteiger partial charge in [-0.1, -0.05) is 12.1 Å². The van der Waals surface area contributed by atoms with Crippen molar-refractivity contribution in [1.29, 1.82) is 0 Å². The Morgan fingerprint density at radius 3 is 2.42 bits per heavy atom. The van der Waals surface area contributed by atoms with Crippen LogP contribution >= 0.6 is 0 Å². The molecule has 0 amide bonds. The number of hydrogen-bond donors (Lipinski definition) is 5. The first-order chi connectivity index (χ1) is 20.1. The number of rotatable bonds is 3. The number of allylic oxidation sites excluding steroid dienone is 2. The molecule has 3 fully saturated rings. The van der Waals surface area contributed by atoms with Crippen LogP contribution in [0.5, 0.6) is 5.75 Å². The molecule has 2 aliphatic heterocycles. The number of carbonyl (C=O) groups excluding carboxylic acids is 4. The third kappa shape index (κ3) is 4.47. The lowest BCUT2D eigenvalue weighted by Gasteiger charge is -2.51. The first kappa shape index (κ1) is 29.9. The topological polar surface area (TPSA) is 197 Å². The summed E-state index contributed by atoms with van der Waals surface area (Å²) in [7, 11) is 0. The molecule has 2 saturated heterocycles. The van der Waals surface area contributed by atoms with Crippen LogP contribution in [-0.2, 0) is 23.8 Å². The van der Waals surface area contributed by atoms with Crippen molar-refractivity contribution in [3.05, 3.63) is 52.1 Å². The molecule has 0 unspecified atom stereocenters. The van der Waals surface area contributed by atoms with E-state index in [0.29, 0.717) is 12.8 Å². The minimum Gasteiger partial charge on any atom is -0.507 e. The van der Waals surface area contributed by atoms with Gasteiger partial charge in [-0.25, -0.2) is 0 Å². The SMILES string of the molecule is C[C@@H]1O[C@@H](O[C@H]2[C@H](O)C[C@H](c3ccc4c(c3O)C(=O)C3=C(C4=O)[C@@]4(O)C(=O)C[C@](C)(O)C[C@@]4(O)C=C3)O[C@@H]2C)CCC1=O. The number of ether oxygens (including phenoxy) is 3. The Kier molecular flexibility index (Phi) is 6.94. The average Bonchev–Trinajstić information content (AvgIpc) is 2.91. The van der Waals surface area contributed by atoms with Crippen molar-refractivity contribution in [3.8, 4) is 5.75 Å². The molecule has 12 heteroatoms. The van der Waals surface area contributed by atoms with Crippen molar-refractivity contribution in [2.45, 2.75) is 106 Å². The number of ketones is 4. The van der Waals surface area contributed by atoms with Crippen LogP contribution in [0, 0.1) is 0 Å². The van der Waals surface area contributed by atoms with Gasteiger partial charge in [-0.2, -0.15) is 0 Å². The second-order valence-corrected chi connectivity index (χ2v) is 12.6. The summed E-state index contributed by atoms with van der Waals surface area (Å²) in [6, 6.07) is 2.64. The molecular formula is C31H34O12. The van der Waals surface area contributed by atoms with Crippen molar-refractivity contribution >= 4 is 23.1 Å². The normalized spacial score (nSPS) is 41.2. The van der Waals surface area contributed by atoms with Crippen LogP contribution in [0.3, 0.4) is 0 Å². The van der Waals surface area contributed by atoms with E-state index in [1.54, 1.807) is 13.8 Å². The number of carbonyl (C=O) groups is 4. The van der Waals surface area contributed by atoms with E-state index in [-0.39, 0.29) is 34.5 Å². The predicted molar refractivity (Wildman–Crippen MR) is 145 cm³/mol. The molecule has 6 rings (SSSR count). The lowest BCUT2D eigenvalue weighted by Crippen LogP contribution is -2.69. The van der Waals surface area contributed by atoms with Crippen LogP contribution in [0.4, 0.5) is 0 Å². The smallest absolute Gasteiger partial charge is 0.198 e. The summed E-state index contributed by atoms with van der Waals surface area (Å²) in [5.74, 6) is -3.35. The van der Waals surface area contributed by atoms with E-state index in [0.717, 1.165) is 12.2 Å². The average molecular weight is 599 g/mol. The molecule has 12 nitrogen and oxygen atoms in total. The number of aliphatic hydroxyl groups excluding tert-OH is 1. The maximum atomic E-state index is 13.8. The molecule has 1 aromatic carbocycles. The summed E-state index contributed by atoms with van der Waals surface area (Å²) >= 11 is 0. The third-order valence-corrected chi connectivity index (χ3v) is 9.30. The first-order valence-electron chi connectivity index (χ1n) is 14.3. The van der Waals surface area contributed by atoms with E-state index < -0.39 is 95.1 Å². The largest absolute Gasteiger partial charge is 0.507 e. The molecule has 2 heterocycles. The Bertz CT molecular complexity index is 1490. The monoisotopic (exact) mass is 598 g/mol. The van der Waals surface area contributed by atoms with E-state index in [1.807, 2.05) is 0 Å². The van der Waals surface area contributed by atoms with Crippen molar-refractivity contribution in [3.63, 3.8) is 0 Å². The highest BCUT2D eigenvalue weighted by atomic mass is 16.7. The molecule has 9 atom stereocenters. The summed E-state index contributed by atoms with van der Waals surface area (Å²) in [6.07, 6.45) is -2.99. The van der Waals surface area contributed by atoms with Gasteiger partial charge in [-0.15, -0.1) is 0 Å². The Morgan fingerprint density at radius 1 is 1.02 bits per heavy atom. The van der Waals surface area contributed by atoms with Crippen molar-refractivity contribution in [2.75, 3.05) is 0 Å². The molecule has 0 radical (unpaired) electrons. The third-order valence-electron chi connectivity index (χ3n) is 9.30. The van der Waals surface area contributed by atoms with Gasteiger partial charge in [0.15, 0.2) is 35.0 Å². The number of phenolic OH excluding ortho intramolecular Hbond substituents is 1. The molecule has 5 N–H and O–H groups in total. The van der Waals surface area contributed by atoms with Crippen LogP contribution in [0.15, 0.2) is 35.4 Å². The van der Waals surface area contributed by atoms with Crippen molar-refractivity contribution in [1.82, 2.24) is 0 Å². The lowest BCUT2D eigenvalue weighted by molar-refractivity contribution is -0.263. The van der Waals surface area contributed by atoms with Gasteiger partial charge in [0.05, 0.1) is 35.0 Å². The molecule has 3 aliphatic carbocycles. The highest BCUT2D eigenvalue weighted by Gasteiger charge is 2.66. The van der Waals surface area contributed by atoms with Gasteiger partial charge in [0.2, 0.25) is 0 Å².